The number of oxime groups is 1. The number of rotatable bonds is 15. The number of carboxylic acids is 1. The first-order valence-corrected chi connectivity index (χ1v) is 22.6. The molecule has 0 radical (unpaired) electrons. The van der Waals surface area contributed by atoms with Gasteiger partial charge in [0, 0.05) is 52.4 Å². The minimum atomic E-state index is -4.78. The summed E-state index contributed by atoms with van der Waals surface area (Å²) in [7, 11) is 0. The van der Waals surface area contributed by atoms with Crippen LogP contribution in [-0.2, 0) is 39.1 Å². The third-order valence-corrected chi connectivity index (χ3v) is 13.8. The van der Waals surface area contributed by atoms with Crippen molar-refractivity contribution in [3.63, 3.8) is 0 Å². The molecule has 3 aromatic carbocycles. The van der Waals surface area contributed by atoms with E-state index in [9.17, 15) is 42.3 Å². The Morgan fingerprint density at radius 1 is 1.00 bits per heavy atom. The maximum Gasteiger partial charge on any atom is 0.393 e. The highest BCUT2D eigenvalue weighted by molar-refractivity contribution is 8.00. The number of nitrogens with zero attached hydrogens (tertiary/aromatic N) is 3. The summed E-state index contributed by atoms with van der Waals surface area (Å²) in [4.78, 5) is 81.2. The van der Waals surface area contributed by atoms with Crippen LogP contribution in [-0.4, -0.2) is 99.9 Å². The van der Waals surface area contributed by atoms with E-state index in [-0.39, 0.29) is 65.1 Å². The molecule has 0 spiro atoms. The van der Waals surface area contributed by atoms with E-state index in [4.69, 9.17) is 15.3 Å². The standard InChI is InChI=1S/C46H42F3N7O8S2/c1-2-20-63-43(62)34(29-21-51-22-31(29)46(47,48)49)33(28-18-19-52-38(28)57)30-23-65-41-36(40(59)56(41)37(30)42(60)61)54-39(58)35(32-24-66-44(50)53-32)55-64-45(25-12-6-3-7-13-25,26-14-8-4-9-15-26)27-16-10-5-11-17-27/h2-17,24,29,31,34,36,41,51H,1,18-23H2,(H2,50,53)(H,52,57)(H,54,58)(H,60,61)/t29-,31+,34?,36-,41-/m1/s1. The lowest BCUT2D eigenvalue weighted by atomic mass is 9.74. The summed E-state index contributed by atoms with van der Waals surface area (Å²) in [5.41, 5.74) is 5.08. The topological polar surface area (TPSA) is 215 Å². The number of benzene rings is 3. The Morgan fingerprint density at radius 3 is 2.14 bits per heavy atom. The van der Waals surface area contributed by atoms with Crippen molar-refractivity contribution in [2.24, 2.45) is 22.9 Å². The van der Waals surface area contributed by atoms with Gasteiger partial charge in [-0.3, -0.25) is 24.1 Å². The lowest BCUT2D eigenvalue weighted by Gasteiger charge is -2.50. The van der Waals surface area contributed by atoms with E-state index >= 15 is 0 Å². The Hall–Kier alpha value is -6.77. The van der Waals surface area contributed by atoms with E-state index in [1.807, 2.05) is 91.0 Å². The highest BCUT2D eigenvalue weighted by atomic mass is 32.2. The van der Waals surface area contributed by atoms with Gasteiger partial charge in [-0.15, -0.1) is 23.1 Å². The van der Waals surface area contributed by atoms with Crippen LogP contribution >= 0.6 is 23.1 Å². The van der Waals surface area contributed by atoms with Crippen molar-refractivity contribution >= 4 is 63.6 Å². The summed E-state index contributed by atoms with van der Waals surface area (Å²) in [5.74, 6) is -10.9. The summed E-state index contributed by atoms with van der Waals surface area (Å²) in [5, 5.41) is 23.8. The number of aliphatic carboxylic acids is 1. The molecule has 5 atom stereocenters. The van der Waals surface area contributed by atoms with Gasteiger partial charge in [-0.2, -0.15) is 13.2 Å². The largest absolute Gasteiger partial charge is 0.477 e. The lowest BCUT2D eigenvalue weighted by Crippen LogP contribution is -2.71. The Kier molecular flexibility index (Phi) is 13.2. The number of anilines is 1. The molecule has 342 valence electrons. The number of ether oxygens (including phenoxy) is 1. The normalized spacial score (nSPS) is 22.2. The fourth-order valence-corrected chi connectivity index (χ4v) is 10.8. The molecule has 4 aliphatic rings. The van der Waals surface area contributed by atoms with Crippen LogP contribution in [0.3, 0.4) is 0 Å². The van der Waals surface area contributed by atoms with Gasteiger partial charge in [0.15, 0.2) is 10.8 Å². The minimum absolute atomic E-state index is 0.0190. The van der Waals surface area contributed by atoms with Crippen molar-refractivity contribution in [3.05, 3.63) is 154 Å². The molecule has 0 bridgehead atoms. The molecular weight excluding hydrogens is 900 g/mol. The second kappa shape index (κ2) is 19.0. The first kappa shape index (κ1) is 45.8. The predicted molar refractivity (Wildman–Crippen MR) is 238 cm³/mol. The van der Waals surface area contributed by atoms with Gasteiger partial charge in [-0.1, -0.05) is 109 Å². The van der Waals surface area contributed by atoms with E-state index in [2.05, 4.69) is 32.7 Å². The molecule has 3 amide bonds. The molecular formula is C46H42F3N7O8S2. The summed E-state index contributed by atoms with van der Waals surface area (Å²) in [6, 6.07) is 26.3. The molecule has 66 heavy (non-hydrogen) atoms. The highest BCUT2D eigenvalue weighted by Crippen LogP contribution is 2.49. The zero-order valence-electron chi connectivity index (χ0n) is 34.8. The van der Waals surface area contributed by atoms with Gasteiger partial charge in [0.1, 0.15) is 29.4 Å². The Balaban J connectivity index is 1.17. The van der Waals surface area contributed by atoms with Gasteiger partial charge >= 0.3 is 18.1 Å². The van der Waals surface area contributed by atoms with E-state index < -0.39 is 82.8 Å². The van der Waals surface area contributed by atoms with Gasteiger partial charge in [0.2, 0.25) is 11.5 Å². The molecule has 5 heterocycles. The molecule has 20 heteroatoms. The summed E-state index contributed by atoms with van der Waals surface area (Å²) >= 11 is 2.02. The molecule has 15 nitrogen and oxygen atoms in total. The Morgan fingerprint density at radius 2 is 1.62 bits per heavy atom. The van der Waals surface area contributed by atoms with Crippen LogP contribution in [0.1, 0.15) is 28.8 Å². The van der Waals surface area contributed by atoms with Gasteiger partial charge in [0.25, 0.3) is 11.8 Å². The second-order valence-electron chi connectivity index (χ2n) is 15.6. The molecule has 6 N–H and O–H groups in total. The molecule has 3 fully saturated rings. The maximum absolute atomic E-state index is 14.6. The van der Waals surface area contributed by atoms with Crippen LogP contribution < -0.4 is 21.7 Å². The summed E-state index contributed by atoms with van der Waals surface area (Å²) < 4.78 is 49.0. The quantitative estimate of drug-likeness (QED) is 0.0208. The number of thiazole rings is 1. The number of fused-ring (bicyclic) bond motifs is 1. The number of amides is 3. The van der Waals surface area contributed by atoms with E-state index in [1.54, 1.807) is 0 Å². The van der Waals surface area contributed by atoms with E-state index in [0.29, 0.717) is 16.7 Å². The first-order valence-electron chi connectivity index (χ1n) is 20.7. The zero-order valence-corrected chi connectivity index (χ0v) is 36.5. The van der Waals surface area contributed by atoms with Crippen molar-refractivity contribution in [1.29, 1.82) is 0 Å². The molecule has 3 saturated heterocycles. The number of hydrogen-bond acceptors (Lipinski definition) is 13. The maximum atomic E-state index is 14.6. The lowest BCUT2D eigenvalue weighted by molar-refractivity contribution is -0.185. The van der Waals surface area contributed by atoms with Crippen LogP contribution in [0.2, 0.25) is 0 Å². The van der Waals surface area contributed by atoms with Crippen LogP contribution in [0, 0.1) is 17.8 Å². The van der Waals surface area contributed by atoms with E-state index in [1.165, 1.54) is 11.5 Å². The van der Waals surface area contributed by atoms with Gasteiger partial charge in [0.05, 0.1) is 11.8 Å². The Labute approximate surface area is 384 Å². The summed E-state index contributed by atoms with van der Waals surface area (Å²) in [6.07, 6.45) is -3.59. The third-order valence-electron chi connectivity index (χ3n) is 11.9. The number of halogens is 3. The number of carboxylic acid groups (broad SMARTS) is 1. The number of hydrogen-bond donors (Lipinski definition) is 5. The molecule has 1 unspecified atom stereocenters. The van der Waals surface area contributed by atoms with Crippen LogP contribution in [0.25, 0.3) is 0 Å². The number of esters is 1. The summed E-state index contributed by atoms with van der Waals surface area (Å²) in [6.45, 7) is 2.38. The van der Waals surface area contributed by atoms with Crippen molar-refractivity contribution in [1.82, 2.24) is 25.8 Å². The zero-order chi connectivity index (χ0) is 46.8. The molecule has 0 aliphatic carbocycles. The van der Waals surface area contributed by atoms with Crippen LogP contribution in [0.4, 0.5) is 18.3 Å². The number of β-lactam (4-membered cyclic amide) rings is 1. The predicted octanol–water partition coefficient (Wildman–Crippen LogP) is 4.74. The minimum Gasteiger partial charge on any atom is -0.477 e. The molecule has 1 aromatic heterocycles. The number of carbonyl (C=O) groups excluding carboxylic acids is 4. The fourth-order valence-electron chi connectivity index (χ4n) is 8.91. The fraction of sp³-hybridized carbons (Fsp3) is 0.283. The van der Waals surface area contributed by atoms with Crippen LogP contribution in [0.5, 0.6) is 0 Å². The highest BCUT2D eigenvalue weighted by Gasteiger charge is 2.58. The average Bonchev–Trinajstić information content (AvgIpc) is 4.10. The number of nitrogens with two attached hydrogens (primary N) is 1. The average molecular weight is 942 g/mol. The number of nitrogens with one attached hydrogen (secondary N) is 3. The number of nitrogen functional groups attached to an aromatic ring is 1. The number of thioether (sulfide) groups is 1. The van der Waals surface area contributed by atoms with Crippen molar-refractivity contribution in [2.75, 3.05) is 37.7 Å². The van der Waals surface area contributed by atoms with Gasteiger partial charge in [-0.25, -0.2) is 9.78 Å². The van der Waals surface area contributed by atoms with Crippen molar-refractivity contribution < 1.29 is 51.8 Å². The first-order chi connectivity index (χ1) is 31.8. The second-order valence-corrected chi connectivity index (χ2v) is 17.6. The third kappa shape index (κ3) is 8.58. The van der Waals surface area contributed by atoms with Crippen LogP contribution in [0.15, 0.2) is 137 Å². The number of alkyl halides is 3. The van der Waals surface area contributed by atoms with Crippen molar-refractivity contribution in [2.45, 2.75) is 29.6 Å². The SMILES string of the molecule is C=CCOC(=O)C(C(=C1CCNC1=O)C1=C(C(=O)O)N2C(=O)[C@@H](NC(=O)C(=NOC(c3ccccc3)(c3ccccc3)c3ccccc3)c3csc(N)n3)[C@H]2SC1)[C@@H]1CNC[C@@H]1C(F)(F)F. The van der Waals surface area contributed by atoms with Gasteiger partial charge in [-0.05, 0) is 24.1 Å². The molecule has 0 saturated carbocycles. The molecule has 4 aromatic rings. The Bertz CT molecular complexity index is 2550. The van der Waals surface area contributed by atoms with Gasteiger partial charge < -0.3 is 36.4 Å². The van der Waals surface area contributed by atoms with Crippen molar-refractivity contribution in [3.8, 4) is 0 Å². The molecule has 8 rings (SSSR count). The number of carbonyl (C=O) groups is 5. The monoisotopic (exact) mass is 941 g/mol. The molecule has 4 aliphatic heterocycles. The number of aromatic nitrogens is 1. The smallest absolute Gasteiger partial charge is 0.393 e. The van der Waals surface area contributed by atoms with E-state index in [0.717, 1.165) is 28.0 Å².